The maximum Gasteiger partial charge on any atom is 0.193 e. The highest BCUT2D eigenvalue weighted by Gasteiger charge is 2.43. The van der Waals surface area contributed by atoms with Crippen molar-refractivity contribution in [2.24, 2.45) is 16.3 Å². The van der Waals surface area contributed by atoms with Crippen LogP contribution in [0.4, 0.5) is 0 Å². The van der Waals surface area contributed by atoms with Crippen LogP contribution in [-0.4, -0.2) is 50.3 Å². The zero-order chi connectivity index (χ0) is 16.2. The second-order valence-corrected chi connectivity index (χ2v) is 7.68. The van der Waals surface area contributed by atoms with Gasteiger partial charge in [0.2, 0.25) is 0 Å². The van der Waals surface area contributed by atoms with Crippen molar-refractivity contribution in [1.82, 2.24) is 10.2 Å². The number of nitrogens with one attached hydrogen (secondary N) is 1. The van der Waals surface area contributed by atoms with Crippen molar-refractivity contribution in [2.75, 3.05) is 39.4 Å². The first-order valence-corrected chi connectivity index (χ1v) is 9.46. The van der Waals surface area contributed by atoms with Crippen LogP contribution in [0.2, 0.25) is 0 Å². The van der Waals surface area contributed by atoms with E-state index >= 15 is 0 Å². The van der Waals surface area contributed by atoms with E-state index in [-0.39, 0.29) is 24.0 Å². The van der Waals surface area contributed by atoms with Gasteiger partial charge in [-0.15, -0.1) is 24.0 Å². The molecule has 0 amide bonds. The van der Waals surface area contributed by atoms with Gasteiger partial charge in [0.1, 0.15) is 5.76 Å². The zero-order valence-electron chi connectivity index (χ0n) is 14.9. The molecule has 0 bridgehead atoms. The topological polar surface area (TPSA) is 50.0 Å². The summed E-state index contributed by atoms with van der Waals surface area (Å²) in [6.07, 6.45) is 9.33. The largest absolute Gasteiger partial charge is 0.469 e. The maximum absolute atomic E-state index is 5.49. The molecular weight excluding hydrogens is 429 g/mol. The third-order valence-corrected chi connectivity index (χ3v) is 5.91. The number of furan rings is 1. The Bertz CT molecular complexity index is 551. The summed E-state index contributed by atoms with van der Waals surface area (Å²) in [5.41, 5.74) is 0.597. The molecule has 2 saturated heterocycles. The average Bonchev–Trinajstić information content (AvgIpc) is 3.31. The van der Waals surface area contributed by atoms with Gasteiger partial charge >= 0.3 is 0 Å². The van der Waals surface area contributed by atoms with Crippen LogP contribution >= 0.6 is 24.0 Å². The van der Waals surface area contributed by atoms with Crippen LogP contribution in [0.25, 0.3) is 0 Å². The zero-order valence-corrected chi connectivity index (χ0v) is 17.2. The molecule has 1 spiro atoms. The van der Waals surface area contributed by atoms with Crippen molar-refractivity contribution in [3.05, 3.63) is 24.2 Å². The summed E-state index contributed by atoms with van der Waals surface area (Å²) in [7, 11) is 0. The molecule has 1 aliphatic carbocycles. The van der Waals surface area contributed by atoms with Crippen LogP contribution in [-0.2, 0) is 11.2 Å². The minimum Gasteiger partial charge on any atom is -0.469 e. The molecule has 1 aromatic heterocycles. The van der Waals surface area contributed by atoms with Crippen molar-refractivity contribution in [3.8, 4) is 0 Å². The molecule has 6 heteroatoms. The number of ether oxygens (including phenoxy) is 1. The van der Waals surface area contributed by atoms with E-state index in [9.17, 15) is 0 Å². The monoisotopic (exact) mass is 459 g/mol. The molecule has 140 valence electrons. The van der Waals surface area contributed by atoms with Crippen LogP contribution < -0.4 is 5.32 Å². The molecule has 2 aliphatic heterocycles. The lowest BCUT2D eigenvalue weighted by molar-refractivity contribution is 0.151. The van der Waals surface area contributed by atoms with Gasteiger partial charge in [0.25, 0.3) is 0 Å². The van der Waals surface area contributed by atoms with E-state index in [4.69, 9.17) is 14.1 Å². The van der Waals surface area contributed by atoms with Crippen molar-refractivity contribution in [2.45, 2.75) is 38.5 Å². The fraction of sp³-hybridized carbons (Fsp3) is 0.737. The van der Waals surface area contributed by atoms with Gasteiger partial charge in [-0.3, -0.25) is 4.99 Å². The molecule has 1 unspecified atom stereocenters. The SMILES string of the molecule is I.c1coc(CCNC(=NCC2CCOC2)N2CCC3(CCC3)C2)c1. The first-order chi connectivity index (χ1) is 11.8. The highest BCUT2D eigenvalue weighted by atomic mass is 127. The van der Waals surface area contributed by atoms with Crippen LogP contribution in [0.5, 0.6) is 0 Å². The number of hydrogen-bond acceptors (Lipinski definition) is 3. The van der Waals surface area contributed by atoms with Crippen LogP contribution in [0, 0.1) is 11.3 Å². The Morgan fingerprint density at radius 2 is 2.28 bits per heavy atom. The standard InChI is InChI=1S/C19H29N3O2.HI/c1-3-17(24-11-1)4-9-20-18(21-13-16-5-12-23-14-16)22-10-8-19(15-22)6-2-7-19;/h1,3,11,16H,2,4-10,12-15H2,(H,20,21);1H. The van der Waals surface area contributed by atoms with Gasteiger partial charge in [-0.1, -0.05) is 6.42 Å². The van der Waals surface area contributed by atoms with E-state index < -0.39 is 0 Å². The summed E-state index contributed by atoms with van der Waals surface area (Å²) < 4.78 is 10.9. The number of rotatable bonds is 5. The molecular formula is C19H30IN3O2. The summed E-state index contributed by atoms with van der Waals surface area (Å²) in [6, 6.07) is 3.98. The molecule has 0 radical (unpaired) electrons. The van der Waals surface area contributed by atoms with Gasteiger partial charge in [0.15, 0.2) is 5.96 Å². The summed E-state index contributed by atoms with van der Waals surface area (Å²) in [5, 5.41) is 3.58. The fourth-order valence-electron chi connectivity index (χ4n) is 4.16. The number of aliphatic imine (C=N–C) groups is 1. The molecule has 25 heavy (non-hydrogen) atoms. The highest BCUT2D eigenvalue weighted by Crippen LogP contribution is 2.47. The summed E-state index contributed by atoms with van der Waals surface area (Å²) in [4.78, 5) is 7.43. The quantitative estimate of drug-likeness (QED) is 0.417. The number of guanidine groups is 1. The Labute approximate surface area is 167 Å². The molecule has 3 heterocycles. The predicted octanol–water partition coefficient (Wildman–Crippen LogP) is 3.30. The maximum atomic E-state index is 5.49. The Morgan fingerprint density at radius 3 is 2.92 bits per heavy atom. The number of nitrogens with zero attached hydrogens (tertiary/aromatic N) is 2. The molecule has 1 atom stereocenters. The Balaban J connectivity index is 0.00000182. The first kappa shape index (κ1) is 19.0. The van der Waals surface area contributed by atoms with Crippen molar-refractivity contribution in [3.63, 3.8) is 0 Å². The fourth-order valence-corrected chi connectivity index (χ4v) is 4.16. The summed E-state index contributed by atoms with van der Waals surface area (Å²) >= 11 is 0. The van der Waals surface area contributed by atoms with Crippen LogP contribution in [0.1, 0.15) is 37.9 Å². The normalized spacial score (nSPS) is 25.0. The Kier molecular flexibility index (Phi) is 6.66. The third kappa shape index (κ3) is 4.70. The number of hydrogen-bond donors (Lipinski definition) is 1. The van der Waals surface area contributed by atoms with Gasteiger partial charge in [0, 0.05) is 45.1 Å². The summed E-state index contributed by atoms with van der Waals surface area (Å²) in [6.45, 7) is 5.85. The number of halogens is 1. The van der Waals surface area contributed by atoms with E-state index in [0.717, 1.165) is 57.4 Å². The molecule has 1 aromatic rings. The molecule has 1 N–H and O–H groups in total. The van der Waals surface area contributed by atoms with E-state index in [1.807, 2.05) is 12.1 Å². The summed E-state index contributed by atoms with van der Waals surface area (Å²) in [5.74, 6) is 2.72. The van der Waals surface area contributed by atoms with E-state index in [0.29, 0.717) is 11.3 Å². The van der Waals surface area contributed by atoms with Crippen molar-refractivity contribution >= 4 is 29.9 Å². The lowest BCUT2D eigenvalue weighted by Crippen LogP contribution is -2.43. The Hall–Kier alpha value is -0.760. The molecule has 1 saturated carbocycles. The second-order valence-electron chi connectivity index (χ2n) is 7.68. The van der Waals surface area contributed by atoms with Gasteiger partial charge in [0.05, 0.1) is 12.9 Å². The van der Waals surface area contributed by atoms with E-state index in [2.05, 4.69) is 10.2 Å². The van der Waals surface area contributed by atoms with Gasteiger partial charge in [-0.25, -0.2) is 0 Å². The van der Waals surface area contributed by atoms with E-state index in [1.54, 1.807) is 6.26 Å². The third-order valence-electron chi connectivity index (χ3n) is 5.91. The first-order valence-electron chi connectivity index (χ1n) is 9.46. The minimum absolute atomic E-state index is 0. The van der Waals surface area contributed by atoms with Crippen molar-refractivity contribution < 1.29 is 9.15 Å². The van der Waals surface area contributed by atoms with Gasteiger partial charge in [-0.2, -0.15) is 0 Å². The lowest BCUT2D eigenvalue weighted by atomic mass is 9.68. The average molecular weight is 459 g/mol. The Morgan fingerprint density at radius 1 is 1.36 bits per heavy atom. The van der Waals surface area contributed by atoms with Crippen LogP contribution in [0.15, 0.2) is 27.8 Å². The highest BCUT2D eigenvalue weighted by molar-refractivity contribution is 14.0. The number of likely N-dealkylation sites (tertiary alicyclic amines) is 1. The molecule has 4 rings (SSSR count). The smallest absolute Gasteiger partial charge is 0.193 e. The van der Waals surface area contributed by atoms with Crippen molar-refractivity contribution in [1.29, 1.82) is 0 Å². The van der Waals surface area contributed by atoms with E-state index in [1.165, 1.54) is 32.2 Å². The molecule has 5 nitrogen and oxygen atoms in total. The van der Waals surface area contributed by atoms with Gasteiger partial charge in [-0.05, 0) is 43.2 Å². The predicted molar refractivity (Wildman–Crippen MR) is 110 cm³/mol. The lowest BCUT2D eigenvalue weighted by Gasteiger charge is -2.38. The minimum atomic E-state index is 0. The molecule has 3 aliphatic rings. The molecule has 3 fully saturated rings. The second kappa shape index (κ2) is 8.75. The van der Waals surface area contributed by atoms with Crippen LogP contribution in [0.3, 0.4) is 0 Å². The van der Waals surface area contributed by atoms with Gasteiger partial charge < -0.3 is 19.4 Å². The molecule has 0 aromatic carbocycles.